The van der Waals surface area contributed by atoms with Gasteiger partial charge in [0.05, 0.1) is 13.2 Å². The van der Waals surface area contributed by atoms with E-state index in [0.717, 1.165) is 30.8 Å². The molecule has 0 radical (unpaired) electrons. The van der Waals surface area contributed by atoms with Gasteiger partial charge in [-0.1, -0.05) is 42.0 Å². The maximum absolute atomic E-state index is 10.6. The van der Waals surface area contributed by atoms with Gasteiger partial charge in [-0.25, -0.2) is 0 Å². The van der Waals surface area contributed by atoms with Crippen molar-refractivity contribution >= 4 is 11.5 Å². The molecule has 0 atom stereocenters. The van der Waals surface area contributed by atoms with Crippen LogP contribution in [0, 0.1) is 6.92 Å². The zero-order valence-corrected chi connectivity index (χ0v) is 15.7. The number of carbonyl (C=O) groups is 1. The highest BCUT2D eigenvalue weighted by atomic mass is 16.5. The largest absolute Gasteiger partial charge is 0.489 e. The minimum absolute atomic E-state index is 0.203. The van der Waals surface area contributed by atoms with Gasteiger partial charge in [0.15, 0.2) is 0 Å². The Bertz CT molecular complexity index is 788. The van der Waals surface area contributed by atoms with Gasteiger partial charge in [0, 0.05) is 6.42 Å². The monoisotopic (exact) mass is 366 g/mol. The number of rotatable bonds is 8. The molecule has 0 aliphatic carbocycles. The van der Waals surface area contributed by atoms with E-state index in [2.05, 4.69) is 31.2 Å². The second-order valence-corrected chi connectivity index (χ2v) is 6.93. The molecule has 142 valence electrons. The Kier molecular flexibility index (Phi) is 6.66. The van der Waals surface area contributed by atoms with Gasteiger partial charge in [0.1, 0.15) is 12.4 Å². The zero-order valence-electron chi connectivity index (χ0n) is 15.7. The molecular weight excluding hydrogens is 340 g/mol. The molecule has 0 saturated heterocycles. The highest BCUT2D eigenvalue weighted by Gasteiger charge is 2.15. The number of hydrogen-bond acceptors (Lipinski definition) is 3. The van der Waals surface area contributed by atoms with E-state index in [1.54, 1.807) is 0 Å². The number of carboxylic acids is 1. The van der Waals surface area contributed by atoms with Crippen molar-refractivity contribution in [3.63, 3.8) is 0 Å². The molecule has 2 aromatic rings. The van der Waals surface area contributed by atoms with Gasteiger partial charge in [-0.05, 0) is 60.6 Å². The van der Waals surface area contributed by atoms with Crippen molar-refractivity contribution in [2.75, 3.05) is 19.8 Å². The number of carboxylic acid groups (broad SMARTS) is 1. The summed E-state index contributed by atoms with van der Waals surface area (Å²) in [5, 5.41) is 8.71. The first-order valence-corrected chi connectivity index (χ1v) is 9.41. The number of hydrogen-bond donors (Lipinski definition) is 1. The molecule has 0 spiro atoms. The van der Waals surface area contributed by atoms with Crippen molar-refractivity contribution in [3.8, 4) is 5.75 Å². The lowest BCUT2D eigenvalue weighted by Gasteiger charge is -2.22. The Hall–Kier alpha value is -2.59. The average molecular weight is 366 g/mol. The minimum Gasteiger partial charge on any atom is -0.489 e. The second-order valence-electron chi connectivity index (χ2n) is 6.93. The van der Waals surface area contributed by atoms with Gasteiger partial charge in [-0.15, -0.1) is 0 Å². The van der Waals surface area contributed by atoms with Crippen molar-refractivity contribution in [1.29, 1.82) is 0 Å². The summed E-state index contributed by atoms with van der Waals surface area (Å²) < 4.78 is 11.6. The molecule has 1 aliphatic rings. The summed E-state index contributed by atoms with van der Waals surface area (Å²) in [6.07, 6.45) is 2.53. The first-order chi connectivity index (χ1) is 13.1. The van der Waals surface area contributed by atoms with E-state index in [4.69, 9.17) is 14.6 Å². The highest BCUT2D eigenvalue weighted by Crippen LogP contribution is 2.27. The summed E-state index contributed by atoms with van der Waals surface area (Å²) in [6, 6.07) is 16.5. The fourth-order valence-electron chi connectivity index (χ4n) is 3.23. The fraction of sp³-hybridized carbons (Fsp3) is 0.348. The second kappa shape index (κ2) is 9.38. The lowest BCUT2D eigenvalue weighted by atomic mass is 9.95. The summed E-state index contributed by atoms with van der Waals surface area (Å²) in [7, 11) is 0. The third-order valence-electron chi connectivity index (χ3n) is 4.79. The molecule has 27 heavy (non-hydrogen) atoms. The molecule has 0 amide bonds. The highest BCUT2D eigenvalue weighted by molar-refractivity contribution is 5.70. The van der Waals surface area contributed by atoms with Crippen LogP contribution in [0.4, 0.5) is 0 Å². The van der Waals surface area contributed by atoms with Crippen LogP contribution in [0.1, 0.15) is 36.0 Å². The Morgan fingerprint density at radius 1 is 1.11 bits per heavy atom. The van der Waals surface area contributed by atoms with Crippen LogP contribution in [0.15, 0.2) is 54.1 Å². The maximum atomic E-state index is 10.6. The van der Waals surface area contributed by atoms with Crippen LogP contribution in [0.2, 0.25) is 0 Å². The van der Waals surface area contributed by atoms with Crippen LogP contribution in [-0.4, -0.2) is 30.9 Å². The van der Waals surface area contributed by atoms with Crippen molar-refractivity contribution in [3.05, 3.63) is 70.8 Å². The van der Waals surface area contributed by atoms with Gasteiger partial charge in [0.25, 0.3) is 0 Å². The third-order valence-corrected chi connectivity index (χ3v) is 4.79. The Morgan fingerprint density at radius 2 is 1.85 bits per heavy atom. The molecule has 0 unspecified atom stereocenters. The predicted molar refractivity (Wildman–Crippen MR) is 106 cm³/mol. The maximum Gasteiger partial charge on any atom is 0.303 e. The lowest BCUT2D eigenvalue weighted by molar-refractivity contribution is -0.137. The molecule has 1 heterocycles. The van der Waals surface area contributed by atoms with Crippen LogP contribution in [-0.2, 0) is 16.0 Å². The summed E-state index contributed by atoms with van der Waals surface area (Å²) in [6.45, 7) is 3.97. The van der Waals surface area contributed by atoms with E-state index in [9.17, 15) is 4.79 Å². The molecular formula is C23H26O4. The van der Waals surface area contributed by atoms with Crippen LogP contribution in [0.3, 0.4) is 0 Å². The standard InChI is InChI=1S/C23H26O4/c1-17-5-9-19(10-6-17)22-13-14-26-15-20(22)16-27-21-11-7-18(8-12-21)3-2-4-23(24)25/h5-12H,2-4,13-16H2,1H3,(H,24,25). The van der Waals surface area contributed by atoms with Gasteiger partial charge in [0.2, 0.25) is 0 Å². The van der Waals surface area contributed by atoms with E-state index >= 15 is 0 Å². The Morgan fingerprint density at radius 3 is 2.56 bits per heavy atom. The van der Waals surface area contributed by atoms with Gasteiger partial charge in [-0.3, -0.25) is 4.79 Å². The summed E-state index contributed by atoms with van der Waals surface area (Å²) >= 11 is 0. The Balaban J connectivity index is 1.62. The normalized spacial score (nSPS) is 14.3. The summed E-state index contributed by atoms with van der Waals surface area (Å²) in [5.41, 5.74) is 6.15. The predicted octanol–water partition coefficient (Wildman–Crippen LogP) is 4.66. The van der Waals surface area contributed by atoms with Crippen molar-refractivity contribution in [2.24, 2.45) is 0 Å². The quantitative estimate of drug-likeness (QED) is 0.738. The topological polar surface area (TPSA) is 55.8 Å². The molecule has 4 nitrogen and oxygen atoms in total. The van der Waals surface area contributed by atoms with Crippen LogP contribution >= 0.6 is 0 Å². The van der Waals surface area contributed by atoms with Crippen molar-refractivity contribution in [1.82, 2.24) is 0 Å². The molecule has 0 bridgehead atoms. The fourth-order valence-corrected chi connectivity index (χ4v) is 3.23. The average Bonchev–Trinajstić information content (AvgIpc) is 2.68. The Labute approximate surface area is 160 Å². The third kappa shape index (κ3) is 5.69. The van der Waals surface area contributed by atoms with E-state index in [0.29, 0.717) is 19.6 Å². The van der Waals surface area contributed by atoms with E-state index in [-0.39, 0.29) is 6.42 Å². The van der Waals surface area contributed by atoms with E-state index in [1.165, 1.54) is 22.3 Å². The van der Waals surface area contributed by atoms with Gasteiger partial charge >= 0.3 is 5.97 Å². The smallest absolute Gasteiger partial charge is 0.303 e. The zero-order chi connectivity index (χ0) is 19.1. The van der Waals surface area contributed by atoms with E-state index in [1.807, 2.05) is 24.3 Å². The number of aryl methyl sites for hydroxylation is 2. The summed E-state index contributed by atoms with van der Waals surface area (Å²) in [5.74, 6) is 0.0700. The number of benzene rings is 2. The molecule has 1 aliphatic heterocycles. The van der Waals surface area contributed by atoms with Gasteiger partial charge < -0.3 is 14.6 Å². The molecule has 3 rings (SSSR count). The molecule has 0 fully saturated rings. The molecule has 4 heteroatoms. The van der Waals surface area contributed by atoms with Crippen LogP contribution < -0.4 is 4.74 Å². The van der Waals surface area contributed by atoms with E-state index < -0.39 is 5.97 Å². The molecule has 0 aromatic heterocycles. The van der Waals surface area contributed by atoms with Crippen LogP contribution in [0.5, 0.6) is 5.75 Å². The van der Waals surface area contributed by atoms with Crippen molar-refractivity contribution in [2.45, 2.75) is 32.6 Å². The van der Waals surface area contributed by atoms with Crippen molar-refractivity contribution < 1.29 is 19.4 Å². The number of aliphatic carboxylic acids is 1. The number of ether oxygens (including phenoxy) is 2. The molecule has 2 aromatic carbocycles. The first kappa shape index (κ1) is 19.2. The summed E-state index contributed by atoms with van der Waals surface area (Å²) in [4.78, 5) is 10.6. The molecule has 0 saturated carbocycles. The lowest BCUT2D eigenvalue weighted by Crippen LogP contribution is -2.16. The first-order valence-electron chi connectivity index (χ1n) is 9.41. The SMILES string of the molecule is Cc1ccc(C2=C(COc3ccc(CCCC(=O)O)cc3)COCC2)cc1. The van der Waals surface area contributed by atoms with Crippen LogP contribution in [0.25, 0.3) is 5.57 Å². The molecule has 1 N–H and O–H groups in total. The minimum atomic E-state index is -0.748. The van der Waals surface area contributed by atoms with Gasteiger partial charge in [-0.2, -0.15) is 0 Å².